The van der Waals surface area contributed by atoms with Crippen molar-refractivity contribution in [2.45, 2.75) is 13.0 Å². The van der Waals surface area contributed by atoms with Crippen LogP contribution >= 0.6 is 0 Å². The van der Waals surface area contributed by atoms with Gasteiger partial charge in [0.05, 0.1) is 23.9 Å². The third-order valence-corrected chi connectivity index (χ3v) is 2.39. The van der Waals surface area contributed by atoms with Crippen LogP contribution in [0, 0.1) is 10.1 Å². The number of aromatic nitrogens is 2. The molecule has 0 aliphatic heterocycles. The average Bonchev–Trinajstić information content (AvgIpc) is 2.92. The summed E-state index contributed by atoms with van der Waals surface area (Å²) in [7, 11) is 0. The van der Waals surface area contributed by atoms with Crippen molar-refractivity contribution in [3.63, 3.8) is 0 Å². The van der Waals surface area contributed by atoms with E-state index in [1.165, 1.54) is 12.1 Å². The zero-order valence-electron chi connectivity index (χ0n) is 10.1. The first-order chi connectivity index (χ1) is 9.25. The Morgan fingerprint density at radius 1 is 1.42 bits per heavy atom. The van der Waals surface area contributed by atoms with E-state index < -0.39 is 4.92 Å². The van der Waals surface area contributed by atoms with Gasteiger partial charge < -0.3 is 9.45 Å². The van der Waals surface area contributed by atoms with Crippen LogP contribution in [-0.2, 0) is 11.4 Å². The molecule has 0 aliphatic rings. The summed E-state index contributed by atoms with van der Waals surface area (Å²) in [5.74, 6) is 0.317. The fourth-order valence-corrected chi connectivity index (χ4v) is 1.48. The van der Waals surface area contributed by atoms with Gasteiger partial charge in [0.1, 0.15) is 0 Å². The lowest BCUT2D eigenvalue weighted by Gasteiger charge is -2.05. The molecule has 0 spiro atoms. The van der Waals surface area contributed by atoms with Crippen molar-refractivity contribution in [1.29, 1.82) is 0 Å². The van der Waals surface area contributed by atoms with Crippen molar-refractivity contribution in [2.24, 2.45) is 0 Å². The second-order valence-electron chi connectivity index (χ2n) is 3.81. The molecule has 1 aromatic heterocycles. The first-order valence-corrected chi connectivity index (χ1v) is 5.75. The van der Waals surface area contributed by atoms with Crippen LogP contribution in [0.25, 0.3) is 0 Å². The van der Waals surface area contributed by atoms with Crippen LogP contribution in [-0.4, -0.2) is 21.1 Å². The Morgan fingerprint density at radius 3 is 3.05 bits per heavy atom. The molecule has 0 fully saturated rings. The molecule has 19 heavy (non-hydrogen) atoms. The minimum absolute atomic E-state index is 0.0282. The molecular weight excluding hydrogens is 250 g/mol. The van der Waals surface area contributed by atoms with Crippen LogP contribution in [0.2, 0.25) is 0 Å². The molecule has 2 rings (SSSR count). The molecule has 0 bridgehead atoms. The molecule has 1 aromatic carbocycles. The zero-order chi connectivity index (χ0) is 13.5. The Kier molecular flexibility index (Phi) is 4.46. The van der Waals surface area contributed by atoms with E-state index in [2.05, 4.69) is 4.98 Å². The summed E-state index contributed by atoms with van der Waals surface area (Å²) in [6.07, 6.45) is 6.05. The summed E-state index contributed by atoms with van der Waals surface area (Å²) >= 11 is 0. The lowest BCUT2D eigenvalue weighted by Crippen LogP contribution is -2.03. The Hall–Kier alpha value is -2.41. The normalized spacial score (nSPS) is 10.3. The first-order valence-electron chi connectivity index (χ1n) is 5.75. The smallest absolute Gasteiger partial charge is 0.273 e. The van der Waals surface area contributed by atoms with Gasteiger partial charge in [-0.3, -0.25) is 10.1 Å². The zero-order valence-corrected chi connectivity index (χ0v) is 10.1. The highest BCUT2D eigenvalue weighted by atomic mass is 17.2. The van der Waals surface area contributed by atoms with Crippen molar-refractivity contribution < 1.29 is 14.7 Å². The molecule has 1 heterocycles. The van der Waals surface area contributed by atoms with Gasteiger partial charge in [0, 0.05) is 25.0 Å². The predicted octanol–water partition coefficient (Wildman–Crippen LogP) is 2.19. The number of imidazole rings is 1. The van der Waals surface area contributed by atoms with Gasteiger partial charge in [0.2, 0.25) is 0 Å². The minimum Gasteiger partial charge on any atom is -0.337 e. The summed E-state index contributed by atoms with van der Waals surface area (Å²) in [5, 5.41) is 10.6. The Morgan fingerprint density at radius 2 is 2.32 bits per heavy atom. The van der Waals surface area contributed by atoms with Gasteiger partial charge in [-0.15, -0.1) is 0 Å². The van der Waals surface area contributed by atoms with Crippen molar-refractivity contribution in [1.82, 2.24) is 9.55 Å². The molecule has 0 atom stereocenters. The van der Waals surface area contributed by atoms with Gasteiger partial charge in [-0.1, -0.05) is 6.07 Å². The summed E-state index contributed by atoms with van der Waals surface area (Å²) in [6, 6.07) is 5.85. The van der Waals surface area contributed by atoms with Crippen molar-refractivity contribution in [3.8, 4) is 5.75 Å². The summed E-state index contributed by atoms with van der Waals surface area (Å²) < 4.78 is 1.93. The quantitative estimate of drug-likeness (QED) is 0.331. The van der Waals surface area contributed by atoms with Crippen LogP contribution in [0.4, 0.5) is 5.69 Å². The van der Waals surface area contributed by atoms with E-state index in [9.17, 15) is 10.1 Å². The molecule has 2 aromatic rings. The van der Waals surface area contributed by atoms with Crippen LogP contribution in [0.5, 0.6) is 5.75 Å². The van der Waals surface area contributed by atoms with Gasteiger partial charge >= 0.3 is 0 Å². The topological polar surface area (TPSA) is 79.4 Å². The molecule has 0 N–H and O–H groups in total. The standard InChI is InChI=1S/C12H13N3O4/c16-15(17)11-3-1-4-12(9-11)19-18-8-2-6-14-7-5-13-10-14/h1,3-5,7,9-10H,2,6,8H2. The molecule has 100 valence electrons. The maximum Gasteiger partial charge on any atom is 0.273 e. The summed E-state index contributed by atoms with van der Waals surface area (Å²) in [6.45, 7) is 1.17. The van der Waals surface area contributed by atoms with Crippen LogP contribution in [0.1, 0.15) is 6.42 Å². The number of hydrogen-bond acceptors (Lipinski definition) is 5. The highest BCUT2D eigenvalue weighted by Crippen LogP contribution is 2.19. The number of nitro groups is 1. The predicted molar refractivity (Wildman–Crippen MR) is 66.5 cm³/mol. The lowest BCUT2D eigenvalue weighted by molar-refractivity contribution is -0.385. The molecular formula is C12H13N3O4. The largest absolute Gasteiger partial charge is 0.337 e. The number of benzene rings is 1. The molecule has 7 nitrogen and oxygen atoms in total. The molecule has 0 radical (unpaired) electrons. The summed E-state index contributed by atoms with van der Waals surface area (Å²) in [4.78, 5) is 24.0. The second kappa shape index (κ2) is 6.50. The van der Waals surface area contributed by atoms with E-state index in [0.29, 0.717) is 12.4 Å². The molecule has 0 unspecified atom stereocenters. The molecule has 0 amide bonds. The fraction of sp³-hybridized carbons (Fsp3) is 0.250. The maximum atomic E-state index is 10.6. The molecule has 0 saturated heterocycles. The summed E-state index contributed by atoms with van der Waals surface area (Å²) in [5.41, 5.74) is -0.0282. The van der Waals surface area contributed by atoms with Gasteiger partial charge in [0.15, 0.2) is 5.75 Å². The van der Waals surface area contributed by atoms with E-state index in [1.807, 2.05) is 10.8 Å². The first kappa shape index (κ1) is 13.0. The van der Waals surface area contributed by atoms with Crippen molar-refractivity contribution >= 4 is 5.69 Å². The monoisotopic (exact) mass is 263 g/mol. The van der Waals surface area contributed by atoms with Gasteiger partial charge in [-0.05, 0) is 12.5 Å². The van der Waals surface area contributed by atoms with Crippen LogP contribution in [0.15, 0.2) is 43.0 Å². The third kappa shape index (κ3) is 4.07. The number of nitrogens with zero attached hydrogens (tertiary/aromatic N) is 3. The third-order valence-electron chi connectivity index (χ3n) is 2.39. The van der Waals surface area contributed by atoms with Crippen molar-refractivity contribution in [2.75, 3.05) is 6.61 Å². The average molecular weight is 263 g/mol. The highest BCUT2D eigenvalue weighted by Gasteiger charge is 2.06. The Bertz CT molecular complexity index is 528. The molecule has 7 heteroatoms. The number of nitro benzene ring substituents is 1. The van der Waals surface area contributed by atoms with Gasteiger partial charge in [-0.25, -0.2) is 4.98 Å². The Labute approximate surface area is 109 Å². The maximum absolute atomic E-state index is 10.6. The lowest BCUT2D eigenvalue weighted by atomic mass is 10.3. The SMILES string of the molecule is O=[N+]([O-])c1cccc(OOCCCn2ccnc2)c1. The van der Waals surface area contributed by atoms with E-state index in [1.54, 1.807) is 24.7 Å². The number of aryl methyl sites for hydroxylation is 1. The highest BCUT2D eigenvalue weighted by molar-refractivity contribution is 5.37. The van der Waals surface area contributed by atoms with Crippen molar-refractivity contribution in [3.05, 3.63) is 53.1 Å². The van der Waals surface area contributed by atoms with E-state index >= 15 is 0 Å². The number of hydrogen-bond donors (Lipinski definition) is 0. The van der Waals surface area contributed by atoms with Gasteiger partial charge in [-0.2, -0.15) is 4.89 Å². The number of rotatable bonds is 7. The second-order valence-corrected chi connectivity index (χ2v) is 3.81. The molecule has 0 aliphatic carbocycles. The van der Waals surface area contributed by atoms with Crippen LogP contribution in [0.3, 0.4) is 0 Å². The molecule has 0 saturated carbocycles. The Balaban J connectivity index is 1.70. The fourth-order valence-electron chi connectivity index (χ4n) is 1.48. The number of non-ortho nitro benzene ring substituents is 1. The van der Waals surface area contributed by atoms with E-state index in [4.69, 9.17) is 9.78 Å². The van der Waals surface area contributed by atoms with E-state index in [0.717, 1.165) is 13.0 Å². The van der Waals surface area contributed by atoms with Crippen LogP contribution < -0.4 is 4.89 Å². The van der Waals surface area contributed by atoms with Gasteiger partial charge in [0.25, 0.3) is 5.69 Å². The van der Waals surface area contributed by atoms with E-state index in [-0.39, 0.29) is 5.69 Å². The minimum atomic E-state index is -0.480.